The molecule has 2 aromatic rings. The Bertz CT molecular complexity index is 874. The van der Waals surface area contributed by atoms with Crippen LogP contribution in [0.1, 0.15) is 81.3 Å². The number of rotatable bonds is 4. The minimum Gasteiger partial charge on any atom is -0.357 e. The summed E-state index contributed by atoms with van der Waals surface area (Å²) in [6.45, 7) is 8.75. The van der Waals surface area contributed by atoms with Crippen molar-refractivity contribution < 1.29 is 4.79 Å². The Labute approximate surface area is 180 Å². The Morgan fingerprint density at radius 2 is 1.62 bits per heavy atom. The van der Waals surface area contributed by atoms with Crippen molar-refractivity contribution in [3.8, 4) is 0 Å². The van der Waals surface area contributed by atoms with E-state index in [1.807, 2.05) is 48.5 Å². The molecule has 0 amide bonds. The molecule has 0 bridgehead atoms. The van der Waals surface area contributed by atoms with Crippen LogP contribution >= 0.6 is 12.2 Å². The van der Waals surface area contributed by atoms with Crippen molar-refractivity contribution in [3.63, 3.8) is 0 Å². The van der Waals surface area contributed by atoms with Crippen LogP contribution in [0.2, 0.25) is 0 Å². The summed E-state index contributed by atoms with van der Waals surface area (Å²) in [5, 5.41) is 7.36. The highest BCUT2D eigenvalue weighted by atomic mass is 32.1. The molecule has 0 aromatic heterocycles. The highest BCUT2D eigenvalue weighted by Gasteiger charge is 2.27. The van der Waals surface area contributed by atoms with Gasteiger partial charge in [0.1, 0.15) is 0 Å². The summed E-state index contributed by atoms with van der Waals surface area (Å²) >= 11 is 5.53. The first-order valence-electron chi connectivity index (χ1n) is 10.5. The van der Waals surface area contributed by atoms with Crippen LogP contribution in [0.15, 0.2) is 48.5 Å². The third-order valence-electron chi connectivity index (χ3n) is 5.77. The van der Waals surface area contributed by atoms with Crippen LogP contribution in [0.3, 0.4) is 0 Å². The zero-order valence-corrected chi connectivity index (χ0v) is 18.8. The quantitative estimate of drug-likeness (QED) is 0.465. The van der Waals surface area contributed by atoms with E-state index in [2.05, 4.69) is 38.3 Å². The van der Waals surface area contributed by atoms with E-state index in [9.17, 15) is 4.79 Å². The molecule has 0 radical (unpaired) electrons. The topological polar surface area (TPSA) is 41.1 Å². The van der Waals surface area contributed by atoms with Gasteiger partial charge in [0.05, 0.1) is 0 Å². The fraction of sp³-hybridized carbons (Fsp3) is 0.440. The fourth-order valence-corrected chi connectivity index (χ4v) is 4.28. The van der Waals surface area contributed by atoms with E-state index in [1.54, 1.807) is 0 Å². The Morgan fingerprint density at radius 1 is 0.966 bits per heavy atom. The summed E-state index contributed by atoms with van der Waals surface area (Å²) in [6, 6.07) is 15.5. The molecule has 3 rings (SSSR count). The second-order valence-electron chi connectivity index (χ2n) is 9.44. The molecule has 1 saturated carbocycles. The van der Waals surface area contributed by atoms with Crippen LogP contribution < -0.4 is 10.6 Å². The fourth-order valence-electron chi connectivity index (χ4n) is 3.92. The van der Waals surface area contributed by atoms with Gasteiger partial charge in [-0.25, -0.2) is 0 Å². The maximum Gasteiger partial charge on any atom is 0.193 e. The van der Waals surface area contributed by atoms with Gasteiger partial charge in [-0.1, -0.05) is 76.4 Å². The minimum atomic E-state index is 0.0206. The van der Waals surface area contributed by atoms with Gasteiger partial charge in [-0.3, -0.25) is 4.79 Å². The molecule has 3 nitrogen and oxygen atoms in total. The molecular formula is C25H32N2OS. The van der Waals surface area contributed by atoms with E-state index < -0.39 is 0 Å². The van der Waals surface area contributed by atoms with Gasteiger partial charge in [-0.2, -0.15) is 0 Å². The lowest BCUT2D eigenvalue weighted by atomic mass is 9.83. The first kappa shape index (κ1) is 21.5. The van der Waals surface area contributed by atoms with Gasteiger partial charge < -0.3 is 10.6 Å². The molecule has 1 aliphatic rings. The standard InChI is InChI=1S/C25H32N2OS/c1-24(2,3)20-13-11-18(12-14-20)22(28)19-9-8-10-21(17-19)26-23(29)27-25(4)15-6-5-7-16-25/h8-14,17H,5-7,15-16H2,1-4H3,(H2,26,27,29). The number of benzene rings is 2. The van der Waals surface area contributed by atoms with E-state index in [1.165, 1.54) is 24.8 Å². The number of hydrogen-bond acceptors (Lipinski definition) is 2. The Kier molecular flexibility index (Phi) is 6.42. The van der Waals surface area contributed by atoms with Crippen molar-refractivity contribution in [3.05, 3.63) is 65.2 Å². The summed E-state index contributed by atoms with van der Waals surface area (Å²) in [4.78, 5) is 12.9. The van der Waals surface area contributed by atoms with E-state index in [0.717, 1.165) is 18.5 Å². The zero-order valence-electron chi connectivity index (χ0n) is 18.0. The Morgan fingerprint density at radius 3 is 2.24 bits per heavy atom. The molecule has 0 heterocycles. The first-order chi connectivity index (χ1) is 13.7. The van der Waals surface area contributed by atoms with Gasteiger partial charge >= 0.3 is 0 Å². The van der Waals surface area contributed by atoms with E-state index >= 15 is 0 Å². The molecule has 0 atom stereocenters. The third-order valence-corrected chi connectivity index (χ3v) is 5.97. The summed E-state index contributed by atoms with van der Waals surface area (Å²) < 4.78 is 0. The molecule has 1 aliphatic carbocycles. The number of thiocarbonyl (C=S) groups is 1. The number of carbonyl (C=O) groups excluding carboxylic acids is 1. The van der Waals surface area contributed by atoms with Crippen molar-refractivity contribution >= 4 is 28.8 Å². The Balaban J connectivity index is 1.68. The second-order valence-corrected chi connectivity index (χ2v) is 9.85. The number of ketones is 1. The molecular weight excluding hydrogens is 376 g/mol. The van der Waals surface area contributed by atoms with Crippen molar-refractivity contribution in [2.45, 2.75) is 70.8 Å². The van der Waals surface area contributed by atoms with Gasteiger partial charge in [0.25, 0.3) is 0 Å². The van der Waals surface area contributed by atoms with Crippen LogP contribution in [0.4, 0.5) is 5.69 Å². The van der Waals surface area contributed by atoms with Gasteiger partial charge in [0, 0.05) is 22.4 Å². The SMILES string of the molecule is CC1(NC(=S)Nc2cccc(C(=O)c3ccc(C(C)(C)C)cc3)c2)CCCCC1. The van der Waals surface area contributed by atoms with Crippen LogP contribution in [-0.4, -0.2) is 16.4 Å². The lowest BCUT2D eigenvalue weighted by Crippen LogP contribution is -2.48. The predicted octanol–water partition coefficient (Wildman–Crippen LogP) is 6.22. The molecule has 0 aliphatic heterocycles. The summed E-state index contributed by atoms with van der Waals surface area (Å²) in [5.74, 6) is 0.0206. The number of nitrogens with one attached hydrogen (secondary N) is 2. The number of anilines is 1. The average Bonchev–Trinajstić information content (AvgIpc) is 2.67. The lowest BCUT2D eigenvalue weighted by Gasteiger charge is -2.35. The lowest BCUT2D eigenvalue weighted by molar-refractivity contribution is 0.103. The molecule has 1 fully saturated rings. The van der Waals surface area contributed by atoms with Crippen LogP contribution in [0.25, 0.3) is 0 Å². The zero-order chi connectivity index (χ0) is 21.1. The van der Waals surface area contributed by atoms with Gasteiger partial charge in [0.15, 0.2) is 10.9 Å². The smallest absolute Gasteiger partial charge is 0.193 e. The molecule has 29 heavy (non-hydrogen) atoms. The average molecular weight is 409 g/mol. The molecule has 0 saturated heterocycles. The summed E-state index contributed by atoms with van der Waals surface area (Å²) in [7, 11) is 0. The van der Waals surface area contributed by atoms with E-state index in [0.29, 0.717) is 16.2 Å². The monoisotopic (exact) mass is 408 g/mol. The predicted molar refractivity (Wildman–Crippen MR) is 126 cm³/mol. The normalized spacial score (nSPS) is 16.1. The van der Waals surface area contributed by atoms with Crippen LogP contribution in [-0.2, 0) is 5.41 Å². The van der Waals surface area contributed by atoms with Crippen molar-refractivity contribution in [2.75, 3.05) is 5.32 Å². The van der Waals surface area contributed by atoms with Gasteiger partial charge in [-0.15, -0.1) is 0 Å². The number of hydrogen-bond donors (Lipinski definition) is 2. The van der Waals surface area contributed by atoms with E-state index in [-0.39, 0.29) is 16.7 Å². The molecule has 154 valence electrons. The number of carbonyl (C=O) groups is 1. The third kappa shape index (κ3) is 5.66. The highest BCUT2D eigenvalue weighted by Crippen LogP contribution is 2.28. The highest BCUT2D eigenvalue weighted by molar-refractivity contribution is 7.80. The largest absolute Gasteiger partial charge is 0.357 e. The van der Waals surface area contributed by atoms with Gasteiger partial charge in [0.2, 0.25) is 0 Å². The summed E-state index contributed by atoms with van der Waals surface area (Å²) in [6.07, 6.45) is 6.06. The second kappa shape index (κ2) is 8.66. The van der Waals surface area contributed by atoms with Crippen molar-refractivity contribution in [2.24, 2.45) is 0 Å². The molecule has 2 aromatic carbocycles. The van der Waals surface area contributed by atoms with Crippen LogP contribution in [0.5, 0.6) is 0 Å². The maximum atomic E-state index is 12.9. The maximum absolute atomic E-state index is 12.9. The van der Waals surface area contributed by atoms with Crippen molar-refractivity contribution in [1.29, 1.82) is 0 Å². The molecule has 4 heteroatoms. The molecule has 2 N–H and O–H groups in total. The van der Waals surface area contributed by atoms with E-state index in [4.69, 9.17) is 12.2 Å². The molecule has 0 unspecified atom stereocenters. The Hall–Kier alpha value is -2.20. The minimum absolute atomic E-state index is 0.0206. The molecule has 0 spiro atoms. The summed E-state index contributed by atoms with van der Waals surface area (Å²) in [5.41, 5.74) is 3.54. The van der Waals surface area contributed by atoms with Gasteiger partial charge in [-0.05, 0) is 55.1 Å². The first-order valence-corrected chi connectivity index (χ1v) is 10.9. The van der Waals surface area contributed by atoms with Crippen LogP contribution in [0, 0.1) is 0 Å². The van der Waals surface area contributed by atoms with Crippen molar-refractivity contribution in [1.82, 2.24) is 5.32 Å².